The first-order valence-electron chi connectivity index (χ1n) is 10.4. The molecule has 4 aromatic rings. The monoisotopic (exact) mass is 448 g/mol. The molecule has 3 aromatic heterocycles. The molecule has 2 aliphatic heterocycles. The van der Waals surface area contributed by atoms with E-state index in [1.807, 2.05) is 18.2 Å². The molecule has 4 fully saturated rings. The minimum Gasteiger partial charge on any atom is -0.367 e. The van der Waals surface area contributed by atoms with Crippen LogP contribution in [0.2, 0.25) is 5.02 Å². The second kappa shape index (κ2) is 5.86. The second-order valence-corrected chi connectivity index (χ2v) is 9.23. The molecule has 0 spiro atoms. The molecule has 1 unspecified atom stereocenters. The summed E-state index contributed by atoms with van der Waals surface area (Å²) in [7, 11) is 1.56. The molecule has 9 nitrogen and oxygen atoms in total. The molecule has 160 valence electrons. The van der Waals surface area contributed by atoms with Crippen molar-refractivity contribution in [1.82, 2.24) is 24.3 Å². The van der Waals surface area contributed by atoms with Crippen molar-refractivity contribution >= 4 is 28.3 Å². The number of pyridine rings is 1. The number of rotatable bonds is 4. The SMILES string of the molecule is Cn1c(=O)ccc2ncn(Cc3nc([C@@]45C6[C@H]4[C@H]5CN6c4cccc(Cl)c4)no3)c(=O)c21. The van der Waals surface area contributed by atoms with Crippen molar-refractivity contribution in [3.05, 3.63) is 80.2 Å². The van der Waals surface area contributed by atoms with Crippen LogP contribution in [0.4, 0.5) is 5.69 Å². The topological polar surface area (TPSA) is 99.1 Å². The molecule has 2 saturated heterocycles. The van der Waals surface area contributed by atoms with Crippen molar-refractivity contribution in [3.8, 4) is 0 Å². The molecule has 1 aromatic carbocycles. The highest BCUT2D eigenvalue weighted by molar-refractivity contribution is 6.30. The number of hydrogen-bond acceptors (Lipinski definition) is 7. The Labute approximate surface area is 185 Å². The molecule has 0 radical (unpaired) electrons. The van der Waals surface area contributed by atoms with Crippen molar-refractivity contribution < 1.29 is 4.52 Å². The molecule has 0 amide bonds. The van der Waals surface area contributed by atoms with Gasteiger partial charge in [-0.1, -0.05) is 22.8 Å². The summed E-state index contributed by atoms with van der Waals surface area (Å²) in [6.45, 7) is 1.06. The summed E-state index contributed by atoms with van der Waals surface area (Å²) in [5.41, 5.74) is 1.21. The number of halogens is 1. The van der Waals surface area contributed by atoms with Gasteiger partial charge in [-0.2, -0.15) is 4.98 Å². The van der Waals surface area contributed by atoms with E-state index in [0.717, 1.165) is 17.3 Å². The van der Waals surface area contributed by atoms with Crippen LogP contribution in [0.1, 0.15) is 11.7 Å². The first-order valence-corrected chi connectivity index (χ1v) is 10.8. The van der Waals surface area contributed by atoms with E-state index in [4.69, 9.17) is 16.1 Å². The van der Waals surface area contributed by atoms with Crippen LogP contribution < -0.4 is 16.0 Å². The fourth-order valence-electron chi connectivity index (χ4n) is 5.71. The molecule has 2 aliphatic carbocycles. The van der Waals surface area contributed by atoms with Gasteiger partial charge in [0.25, 0.3) is 11.1 Å². The summed E-state index contributed by atoms with van der Waals surface area (Å²) in [5.74, 6) is 2.14. The summed E-state index contributed by atoms with van der Waals surface area (Å²) in [4.78, 5) is 36.2. The zero-order chi connectivity index (χ0) is 21.8. The highest BCUT2D eigenvalue weighted by Crippen LogP contribution is 2.85. The number of benzene rings is 1. The van der Waals surface area contributed by atoms with E-state index in [9.17, 15) is 9.59 Å². The molecule has 4 aliphatic rings. The van der Waals surface area contributed by atoms with Gasteiger partial charge >= 0.3 is 0 Å². The van der Waals surface area contributed by atoms with E-state index in [2.05, 4.69) is 26.1 Å². The standard InChI is InChI=1S/C22H17ClN6O3/c1-27-16(30)6-5-14-18(27)20(31)28(10-24-14)9-15-25-21(26-32-15)22-13-8-29(19(22)17(13)22)12-4-2-3-11(23)7-12/h2-7,10,13,17,19H,8-9H2,1H3/t13-,17-,19?,22-/m1/s1. The quantitative estimate of drug-likeness (QED) is 0.467. The fourth-order valence-corrected chi connectivity index (χ4v) is 5.90. The van der Waals surface area contributed by atoms with Crippen molar-refractivity contribution in [1.29, 1.82) is 0 Å². The van der Waals surface area contributed by atoms with Crippen LogP contribution in [0.15, 0.2) is 56.8 Å². The molecule has 32 heavy (non-hydrogen) atoms. The average molecular weight is 449 g/mol. The van der Waals surface area contributed by atoms with Gasteiger partial charge in [-0.3, -0.25) is 14.2 Å². The number of anilines is 1. The van der Waals surface area contributed by atoms with Gasteiger partial charge in [0.1, 0.15) is 12.1 Å². The van der Waals surface area contributed by atoms with Crippen LogP contribution in [0.25, 0.3) is 11.0 Å². The van der Waals surface area contributed by atoms with E-state index in [-0.39, 0.29) is 28.6 Å². The molecular weight excluding hydrogens is 432 g/mol. The zero-order valence-corrected chi connectivity index (χ0v) is 17.7. The normalized spacial score (nSPS) is 27.1. The first kappa shape index (κ1) is 18.1. The van der Waals surface area contributed by atoms with Crippen LogP contribution >= 0.6 is 11.6 Å². The maximum Gasteiger partial charge on any atom is 0.278 e. The second-order valence-electron chi connectivity index (χ2n) is 8.80. The van der Waals surface area contributed by atoms with Gasteiger partial charge < -0.3 is 14.0 Å². The lowest BCUT2D eigenvalue weighted by atomic mass is 10.1. The van der Waals surface area contributed by atoms with Crippen LogP contribution in [0.5, 0.6) is 0 Å². The molecular formula is C22H17ClN6O3. The Morgan fingerprint density at radius 3 is 2.94 bits per heavy atom. The fraction of sp³-hybridized carbons (Fsp3) is 0.318. The van der Waals surface area contributed by atoms with E-state index >= 15 is 0 Å². The van der Waals surface area contributed by atoms with E-state index in [1.165, 1.54) is 21.5 Å². The predicted molar refractivity (Wildman–Crippen MR) is 116 cm³/mol. The number of nitrogens with zero attached hydrogens (tertiary/aromatic N) is 6. The molecule has 2 saturated carbocycles. The average Bonchev–Trinajstić information content (AvgIpc) is 3.33. The molecule has 0 N–H and O–H groups in total. The van der Waals surface area contributed by atoms with Gasteiger partial charge in [0, 0.05) is 42.3 Å². The summed E-state index contributed by atoms with van der Waals surface area (Å²) in [5, 5.41) is 4.99. The van der Waals surface area contributed by atoms with Crippen LogP contribution in [0.3, 0.4) is 0 Å². The smallest absolute Gasteiger partial charge is 0.278 e. The van der Waals surface area contributed by atoms with Crippen molar-refractivity contribution in [2.45, 2.75) is 18.0 Å². The lowest BCUT2D eigenvalue weighted by Gasteiger charge is -2.18. The number of aromatic nitrogens is 5. The van der Waals surface area contributed by atoms with Gasteiger partial charge in [-0.05, 0) is 30.2 Å². The Bertz CT molecular complexity index is 1550. The Morgan fingerprint density at radius 2 is 2.12 bits per heavy atom. The third-order valence-electron chi connectivity index (χ3n) is 7.33. The highest BCUT2D eigenvalue weighted by atomic mass is 35.5. The highest BCUT2D eigenvalue weighted by Gasteiger charge is 2.95. The Balaban J connectivity index is 1.18. The minimum absolute atomic E-state index is 0.0411. The third-order valence-corrected chi connectivity index (χ3v) is 7.57. The number of hydrogen-bond donors (Lipinski definition) is 0. The molecule has 4 atom stereocenters. The summed E-state index contributed by atoms with van der Waals surface area (Å²) >= 11 is 6.17. The largest absolute Gasteiger partial charge is 0.367 e. The van der Waals surface area contributed by atoms with Crippen LogP contribution in [0, 0.1) is 11.8 Å². The van der Waals surface area contributed by atoms with E-state index in [0.29, 0.717) is 35.1 Å². The van der Waals surface area contributed by atoms with Gasteiger partial charge in [0.2, 0.25) is 5.89 Å². The first-order chi connectivity index (χ1) is 15.5. The van der Waals surface area contributed by atoms with Gasteiger partial charge in [-0.15, -0.1) is 0 Å². The van der Waals surface area contributed by atoms with Crippen molar-refractivity contribution in [2.24, 2.45) is 18.9 Å². The van der Waals surface area contributed by atoms with Crippen LogP contribution in [-0.2, 0) is 19.0 Å². The lowest BCUT2D eigenvalue weighted by molar-refractivity contribution is 0.362. The molecule has 5 heterocycles. The summed E-state index contributed by atoms with van der Waals surface area (Å²) in [6, 6.07) is 11.2. The van der Waals surface area contributed by atoms with Crippen LogP contribution in [-0.4, -0.2) is 36.8 Å². The Kier molecular flexibility index (Phi) is 3.32. The summed E-state index contributed by atoms with van der Waals surface area (Å²) < 4.78 is 8.21. The Morgan fingerprint density at radius 1 is 1.25 bits per heavy atom. The van der Waals surface area contributed by atoms with Gasteiger partial charge in [-0.25, -0.2) is 4.98 Å². The van der Waals surface area contributed by atoms with Gasteiger partial charge in [0.15, 0.2) is 5.82 Å². The minimum atomic E-state index is -0.323. The molecule has 10 heteroatoms. The Hall–Kier alpha value is -3.46. The lowest BCUT2D eigenvalue weighted by Crippen LogP contribution is -2.28. The maximum atomic E-state index is 12.9. The predicted octanol–water partition coefficient (Wildman–Crippen LogP) is 1.57. The molecule has 2 bridgehead atoms. The van der Waals surface area contributed by atoms with E-state index < -0.39 is 0 Å². The summed E-state index contributed by atoms with van der Waals surface area (Å²) in [6.07, 6.45) is 1.44. The maximum absolute atomic E-state index is 12.9. The molecule has 8 rings (SSSR count). The van der Waals surface area contributed by atoms with Crippen molar-refractivity contribution in [2.75, 3.05) is 11.4 Å². The van der Waals surface area contributed by atoms with Gasteiger partial charge in [0.05, 0.1) is 17.3 Å². The number of piperidine rings is 1. The third kappa shape index (κ3) is 2.16. The van der Waals surface area contributed by atoms with Crippen molar-refractivity contribution in [3.63, 3.8) is 0 Å². The van der Waals surface area contributed by atoms with E-state index in [1.54, 1.807) is 13.1 Å². The zero-order valence-electron chi connectivity index (χ0n) is 17.0. The number of aryl methyl sites for hydroxylation is 1. The number of fused-ring (bicyclic) bond motifs is 2.